The third-order valence-corrected chi connectivity index (χ3v) is 5.74. The first-order valence-corrected chi connectivity index (χ1v) is 9.57. The summed E-state index contributed by atoms with van der Waals surface area (Å²) >= 11 is 0. The fourth-order valence-electron chi connectivity index (χ4n) is 4.17. The molecule has 8 nitrogen and oxygen atoms in total. The van der Waals surface area contributed by atoms with Crippen LogP contribution in [0.5, 0.6) is 34.5 Å². The van der Waals surface area contributed by atoms with Crippen LogP contribution in [0.4, 0.5) is 0 Å². The third-order valence-electron chi connectivity index (χ3n) is 5.74. The molecule has 4 rings (SSSR count). The van der Waals surface area contributed by atoms with Crippen molar-refractivity contribution in [2.24, 2.45) is 11.8 Å². The smallest absolute Gasteiger partial charge is 0.309 e. The maximum Gasteiger partial charge on any atom is 0.309 e. The normalized spacial score (nSPS) is 20.6. The molecule has 1 fully saturated rings. The Labute approximate surface area is 174 Å². The number of hydrogen-bond donors (Lipinski definition) is 1. The van der Waals surface area contributed by atoms with E-state index < -0.39 is 0 Å². The monoisotopic (exact) mass is 416 g/mol. The van der Waals surface area contributed by atoms with E-state index in [2.05, 4.69) is 0 Å². The van der Waals surface area contributed by atoms with Gasteiger partial charge in [0.05, 0.1) is 33.9 Å². The van der Waals surface area contributed by atoms with Gasteiger partial charge in [-0.25, -0.2) is 0 Å². The molecule has 0 aliphatic carbocycles. The highest BCUT2D eigenvalue weighted by Gasteiger charge is 2.41. The van der Waals surface area contributed by atoms with Gasteiger partial charge in [-0.15, -0.1) is 0 Å². The highest BCUT2D eigenvalue weighted by Crippen LogP contribution is 2.49. The summed E-state index contributed by atoms with van der Waals surface area (Å²) in [5, 5.41) is 10.5. The van der Waals surface area contributed by atoms with E-state index in [-0.39, 0.29) is 42.9 Å². The summed E-state index contributed by atoms with van der Waals surface area (Å²) < 4.78 is 32.6. The van der Waals surface area contributed by atoms with E-state index in [1.807, 2.05) is 25.1 Å². The number of rotatable bonds is 6. The van der Waals surface area contributed by atoms with Crippen LogP contribution in [0.15, 0.2) is 24.3 Å². The van der Waals surface area contributed by atoms with E-state index in [0.29, 0.717) is 28.7 Å². The van der Waals surface area contributed by atoms with Crippen molar-refractivity contribution in [1.29, 1.82) is 0 Å². The van der Waals surface area contributed by atoms with Crippen molar-refractivity contribution < 1.29 is 38.3 Å². The minimum absolute atomic E-state index is 0.0182. The fraction of sp³-hybridized carbons (Fsp3) is 0.409. The second kappa shape index (κ2) is 7.85. The lowest BCUT2D eigenvalue weighted by atomic mass is 9.76. The first-order chi connectivity index (χ1) is 14.5. The van der Waals surface area contributed by atoms with Crippen LogP contribution in [0.3, 0.4) is 0 Å². The molecule has 0 spiro atoms. The van der Waals surface area contributed by atoms with E-state index in [0.717, 1.165) is 11.1 Å². The Balaban J connectivity index is 1.89. The van der Waals surface area contributed by atoms with Gasteiger partial charge in [0.1, 0.15) is 0 Å². The Kier molecular flexibility index (Phi) is 5.24. The number of phenols is 1. The number of hydrogen-bond acceptors (Lipinski definition) is 8. The molecule has 2 aromatic rings. The highest BCUT2D eigenvalue weighted by molar-refractivity contribution is 5.75. The zero-order valence-corrected chi connectivity index (χ0v) is 17.3. The summed E-state index contributed by atoms with van der Waals surface area (Å²) in [5.41, 5.74) is 1.60. The van der Waals surface area contributed by atoms with E-state index in [4.69, 9.17) is 28.4 Å². The first kappa shape index (κ1) is 20.0. The van der Waals surface area contributed by atoms with Crippen molar-refractivity contribution in [3.05, 3.63) is 35.4 Å². The molecule has 2 aliphatic heterocycles. The molecule has 8 heteroatoms. The van der Waals surface area contributed by atoms with Gasteiger partial charge in [-0.3, -0.25) is 4.79 Å². The number of phenolic OH excluding ortho intramolecular Hbond substituents is 1. The first-order valence-electron chi connectivity index (χ1n) is 9.57. The largest absolute Gasteiger partial charge is 0.504 e. The van der Waals surface area contributed by atoms with Crippen molar-refractivity contribution in [3.63, 3.8) is 0 Å². The van der Waals surface area contributed by atoms with E-state index >= 15 is 0 Å². The number of carbonyl (C=O) groups is 1. The molecule has 2 aromatic carbocycles. The molecule has 1 saturated heterocycles. The van der Waals surface area contributed by atoms with Crippen LogP contribution in [0.1, 0.15) is 24.0 Å². The molecule has 1 N–H and O–H groups in total. The van der Waals surface area contributed by atoms with Crippen molar-refractivity contribution >= 4 is 5.97 Å². The Morgan fingerprint density at radius 3 is 2.20 bits per heavy atom. The number of benzene rings is 2. The molecule has 3 atom stereocenters. The molecule has 0 amide bonds. The predicted octanol–water partition coefficient (Wildman–Crippen LogP) is 3.09. The van der Waals surface area contributed by atoms with Gasteiger partial charge in [-0.2, -0.15) is 0 Å². The lowest BCUT2D eigenvalue weighted by Gasteiger charge is -2.27. The summed E-state index contributed by atoms with van der Waals surface area (Å²) in [7, 11) is 4.64. The highest BCUT2D eigenvalue weighted by atomic mass is 16.7. The molecule has 0 saturated carbocycles. The summed E-state index contributed by atoms with van der Waals surface area (Å²) in [5.74, 6) is 1.18. The van der Waals surface area contributed by atoms with Gasteiger partial charge >= 0.3 is 5.97 Å². The predicted molar refractivity (Wildman–Crippen MR) is 106 cm³/mol. The molecule has 0 bridgehead atoms. The summed E-state index contributed by atoms with van der Waals surface area (Å²) in [4.78, 5) is 12.2. The number of methoxy groups -OCH3 is 3. The average molecular weight is 416 g/mol. The molecule has 0 aromatic heterocycles. The number of carbonyl (C=O) groups excluding carboxylic acids is 1. The number of ether oxygens (including phenoxy) is 6. The van der Waals surface area contributed by atoms with Crippen LogP contribution in [0.2, 0.25) is 0 Å². The van der Waals surface area contributed by atoms with E-state index in [9.17, 15) is 9.90 Å². The quantitative estimate of drug-likeness (QED) is 0.719. The average Bonchev–Trinajstić information content (AvgIpc) is 3.35. The molecule has 30 heavy (non-hydrogen) atoms. The maximum absolute atomic E-state index is 12.2. The fourth-order valence-corrected chi connectivity index (χ4v) is 4.17. The van der Waals surface area contributed by atoms with Gasteiger partial charge in [-0.05, 0) is 35.4 Å². The molecule has 2 heterocycles. The minimum atomic E-state index is -0.332. The van der Waals surface area contributed by atoms with Crippen LogP contribution in [0.25, 0.3) is 0 Å². The SMILES string of the molecule is COc1cc(C(c2cc(O)c3c(c2)OCO3)C2COC(=O)C2C)cc(OC)c1OC. The minimum Gasteiger partial charge on any atom is -0.504 e. The molecular formula is C22H24O8. The Morgan fingerprint density at radius 1 is 0.967 bits per heavy atom. The van der Waals surface area contributed by atoms with Gasteiger partial charge in [0.25, 0.3) is 0 Å². The van der Waals surface area contributed by atoms with Crippen LogP contribution in [-0.2, 0) is 9.53 Å². The summed E-state index contributed by atoms with van der Waals surface area (Å²) in [6, 6.07) is 7.16. The van der Waals surface area contributed by atoms with Crippen molar-refractivity contribution in [2.45, 2.75) is 12.8 Å². The standard InChI is InChI=1S/C22H24O8/c1-11-14(9-28-22(11)24)19(12-5-15(23)20-18(8-12)29-10-30-20)13-6-16(25-2)21(27-4)17(7-13)26-3/h5-8,11,14,19,23H,9-10H2,1-4H3. The number of cyclic esters (lactones) is 1. The van der Waals surface area contributed by atoms with Crippen LogP contribution in [0, 0.1) is 11.8 Å². The van der Waals surface area contributed by atoms with Gasteiger partial charge in [0, 0.05) is 11.8 Å². The number of esters is 1. The molecule has 160 valence electrons. The lowest BCUT2D eigenvalue weighted by Crippen LogP contribution is -2.21. The molecule has 2 aliphatic rings. The lowest BCUT2D eigenvalue weighted by molar-refractivity contribution is -0.140. The van der Waals surface area contributed by atoms with E-state index in [1.54, 1.807) is 27.4 Å². The van der Waals surface area contributed by atoms with Gasteiger partial charge in [0.15, 0.2) is 23.0 Å². The second-order valence-corrected chi connectivity index (χ2v) is 7.29. The maximum atomic E-state index is 12.2. The molecule has 0 radical (unpaired) electrons. The third kappa shape index (κ3) is 3.22. The van der Waals surface area contributed by atoms with Crippen molar-refractivity contribution in [1.82, 2.24) is 0 Å². The van der Waals surface area contributed by atoms with Crippen molar-refractivity contribution in [2.75, 3.05) is 34.7 Å². The van der Waals surface area contributed by atoms with Gasteiger partial charge in [-0.1, -0.05) is 6.92 Å². The van der Waals surface area contributed by atoms with Crippen LogP contribution in [-0.4, -0.2) is 45.8 Å². The van der Waals surface area contributed by atoms with Crippen molar-refractivity contribution in [3.8, 4) is 34.5 Å². The number of aromatic hydroxyl groups is 1. The Morgan fingerprint density at radius 2 is 1.63 bits per heavy atom. The van der Waals surface area contributed by atoms with Gasteiger partial charge in [0.2, 0.25) is 18.3 Å². The van der Waals surface area contributed by atoms with Crippen LogP contribution >= 0.6 is 0 Å². The Bertz CT molecular complexity index is 945. The summed E-state index contributed by atoms with van der Waals surface area (Å²) in [6.45, 7) is 2.15. The zero-order valence-electron chi connectivity index (χ0n) is 17.3. The Hall–Kier alpha value is -3.29. The van der Waals surface area contributed by atoms with E-state index in [1.165, 1.54) is 0 Å². The molecular weight excluding hydrogens is 392 g/mol. The van der Waals surface area contributed by atoms with Gasteiger partial charge < -0.3 is 33.5 Å². The summed E-state index contributed by atoms with van der Waals surface area (Å²) in [6.07, 6.45) is 0. The van der Waals surface area contributed by atoms with Crippen LogP contribution < -0.4 is 23.7 Å². The second-order valence-electron chi connectivity index (χ2n) is 7.29. The topological polar surface area (TPSA) is 92.7 Å². The molecule has 3 unspecified atom stereocenters. The zero-order chi connectivity index (χ0) is 21.4. The number of fused-ring (bicyclic) bond motifs is 1.